The van der Waals surface area contributed by atoms with Gasteiger partial charge in [-0.25, -0.2) is 0 Å². The van der Waals surface area contributed by atoms with Gasteiger partial charge < -0.3 is 109 Å². The number of amides is 3. The van der Waals surface area contributed by atoms with E-state index in [9.17, 15) is 60.3 Å². The van der Waals surface area contributed by atoms with Crippen molar-refractivity contribution in [2.24, 2.45) is 61.4 Å². The molecule has 0 aromatic heterocycles. The van der Waals surface area contributed by atoms with Gasteiger partial charge in [-0.2, -0.15) is 4.99 Å². The highest BCUT2D eigenvalue weighted by Crippen LogP contribution is 2.29. The zero-order valence-corrected chi connectivity index (χ0v) is 52.0. The molecule has 84 heavy (non-hydrogen) atoms. The molecule has 3 aliphatic heterocycles. The van der Waals surface area contributed by atoms with Gasteiger partial charge in [0.05, 0.1) is 83.9 Å². The Morgan fingerprint density at radius 2 is 0.714 bits per heavy atom. The molecule has 0 spiro atoms. The number of unbranched alkanes of at least 4 members (excludes halogenated alkanes) is 12. The molecule has 3 fully saturated rings. The standard InChI is InChI=1S/C20H40N2O5.C19H38N6O5.C18H36N4O5/c1-14(2)20-17(19(26)18(25)15(13-23)27-20)21-16(24)11-9-7-6-8-10-12-22(3,4)5;1-11(2)17-14(16(29)15(28)12(10-26)30-17)24-13(27)8-6-4-3-5-7-9-23-19(22)25-18(20)21;1-11(2)17-14(16(26)15(25)12(10-23)27-17)22-13(24)8-6-4-3-5-7-9-21-18(19)20/h14-15,17-20,23,25-26H,6-13H2,1-5H3;11-12,14-17,26,28-29H,3-10H2,1-2H3,(H,24,27)(H6,20,21,22,23,25);11-12,14-17,23,25-26H,3-10H2,1-2H3,(H,22,24)(H4,19,20,21)/p+1/t15?,17?,18-,19-,20+;2*12?,14?,15-,16-,17+/m111/s1. The summed E-state index contributed by atoms with van der Waals surface area (Å²) in [4.78, 5) is 48.4. The molecule has 492 valence electrons. The van der Waals surface area contributed by atoms with E-state index in [0.717, 1.165) is 88.1 Å². The zero-order valence-electron chi connectivity index (χ0n) is 52.0. The van der Waals surface area contributed by atoms with Crippen LogP contribution >= 0.6 is 0 Å². The van der Waals surface area contributed by atoms with Crippen LogP contribution in [-0.4, -0.2) is 238 Å². The number of nitrogens with one attached hydrogen (secondary N) is 3. The molecule has 0 aliphatic carbocycles. The van der Waals surface area contributed by atoms with Crippen molar-refractivity contribution in [1.82, 2.24) is 16.0 Å². The van der Waals surface area contributed by atoms with E-state index in [4.69, 9.17) is 42.9 Å². The summed E-state index contributed by atoms with van der Waals surface area (Å²) in [5.74, 6) is -0.412. The lowest BCUT2D eigenvalue weighted by atomic mass is 9.87. The average molecular weight is 1210 g/mol. The fourth-order valence-corrected chi connectivity index (χ4v) is 10.3. The minimum Gasteiger partial charge on any atom is -0.394 e. The topological polar surface area (TPSA) is 464 Å². The number of guanidine groups is 3. The summed E-state index contributed by atoms with van der Waals surface area (Å²) in [5, 5.41) is 97.7. The summed E-state index contributed by atoms with van der Waals surface area (Å²) < 4.78 is 18.1. The highest BCUT2D eigenvalue weighted by molar-refractivity contribution is 5.92. The van der Waals surface area contributed by atoms with E-state index in [0.29, 0.717) is 38.8 Å². The molecule has 15 atom stereocenters. The maximum Gasteiger partial charge on any atom is 0.220 e. The predicted molar refractivity (Wildman–Crippen MR) is 323 cm³/mol. The second-order valence-electron chi connectivity index (χ2n) is 24.6. The second-order valence-corrected chi connectivity index (χ2v) is 24.6. The quantitative estimate of drug-likeness (QED) is 0.0153. The average Bonchev–Trinajstić information content (AvgIpc) is 2.54. The molecular weight excluding hydrogens is 1090 g/mol. The van der Waals surface area contributed by atoms with Crippen molar-refractivity contribution in [2.45, 2.75) is 248 Å². The predicted octanol–water partition coefficient (Wildman–Crippen LogP) is -1.58. The monoisotopic (exact) mass is 1210 g/mol. The highest BCUT2D eigenvalue weighted by Gasteiger charge is 2.48. The van der Waals surface area contributed by atoms with Gasteiger partial charge in [0, 0.05) is 32.4 Å². The molecular formula is C57H115N12O15+. The van der Waals surface area contributed by atoms with Gasteiger partial charge in [0.15, 0.2) is 11.9 Å². The van der Waals surface area contributed by atoms with E-state index in [-0.39, 0.29) is 66.6 Å². The summed E-state index contributed by atoms with van der Waals surface area (Å²) in [5.41, 5.74) is 26.4. The molecule has 27 nitrogen and oxygen atoms in total. The first kappa shape index (κ1) is 77.9. The molecule has 3 rings (SSSR count). The summed E-state index contributed by atoms with van der Waals surface area (Å²) in [7, 11) is 6.58. The molecule has 0 aromatic carbocycles. The van der Waals surface area contributed by atoms with E-state index < -0.39 is 98.0 Å². The Labute approximate surface area is 499 Å². The number of hydrogen-bond acceptors (Lipinski definition) is 17. The van der Waals surface area contributed by atoms with Gasteiger partial charge in [0.1, 0.15) is 54.9 Å². The van der Waals surface area contributed by atoms with Crippen LogP contribution in [0.3, 0.4) is 0 Å². The largest absolute Gasteiger partial charge is 0.394 e. The van der Waals surface area contributed by atoms with E-state index in [1.165, 1.54) is 12.8 Å². The number of nitrogens with zero attached hydrogens (tertiary/aromatic N) is 4. The minimum absolute atomic E-state index is 0.00446. The Morgan fingerprint density at radius 3 is 0.988 bits per heavy atom. The number of rotatable bonds is 33. The first-order chi connectivity index (χ1) is 39.5. The Bertz CT molecular complexity index is 1910. The first-order valence-electron chi connectivity index (χ1n) is 30.5. The van der Waals surface area contributed by atoms with Gasteiger partial charge >= 0.3 is 0 Å². The van der Waals surface area contributed by atoms with Crippen molar-refractivity contribution in [1.29, 1.82) is 0 Å². The minimum atomic E-state index is -1.25. The van der Waals surface area contributed by atoms with Gasteiger partial charge in [-0.15, -0.1) is 0 Å². The molecule has 27 heteroatoms. The lowest BCUT2D eigenvalue weighted by molar-refractivity contribution is -0.870. The molecule has 3 saturated heterocycles. The third-order valence-electron chi connectivity index (χ3n) is 15.0. The van der Waals surface area contributed by atoms with Crippen molar-refractivity contribution in [2.75, 3.05) is 60.6 Å². The van der Waals surface area contributed by atoms with Crippen LogP contribution in [0.5, 0.6) is 0 Å². The molecule has 3 aliphatic rings. The fourth-order valence-electron chi connectivity index (χ4n) is 10.3. The third-order valence-corrected chi connectivity index (χ3v) is 15.0. The Kier molecular flexibility index (Phi) is 38.9. The lowest BCUT2D eigenvalue weighted by Crippen LogP contribution is -2.65. The van der Waals surface area contributed by atoms with E-state index in [1.54, 1.807) is 0 Å². The molecule has 0 radical (unpaired) electrons. The summed E-state index contributed by atoms with van der Waals surface area (Å²) >= 11 is 0. The Hall–Kier alpha value is -4.10. The lowest BCUT2D eigenvalue weighted by Gasteiger charge is -2.44. The summed E-state index contributed by atoms with van der Waals surface area (Å²) in [6, 6.07) is -2.08. The van der Waals surface area contributed by atoms with E-state index >= 15 is 0 Å². The smallest absolute Gasteiger partial charge is 0.220 e. The molecule has 3 heterocycles. The number of hydrogen-bond donors (Lipinski definition) is 17. The van der Waals surface area contributed by atoms with Crippen LogP contribution in [-0.2, 0) is 28.6 Å². The molecule has 0 aromatic rings. The van der Waals surface area contributed by atoms with Crippen molar-refractivity contribution in [3.05, 3.63) is 0 Å². The Morgan fingerprint density at radius 1 is 0.429 bits per heavy atom. The van der Waals surface area contributed by atoms with E-state index in [1.807, 2.05) is 41.5 Å². The second kappa shape index (κ2) is 41.9. The van der Waals surface area contributed by atoms with Gasteiger partial charge in [-0.1, -0.05) is 92.9 Å². The number of carbonyl (C=O) groups excluding carboxylic acids is 3. The number of ether oxygens (including phenoxy) is 3. The number of aliphatic hydroxyl groups is 9. The van der Waals surface area contributed by atoms with E-state index in [2.05, 4.69) is 52.1 Å². The fraction of sp³-hybridized carbons (Fsp3) is 0.895. The Balaban J connectivity index is 0.000000631. The zero-order chi connectivity index (χ0) is 63.7. The van der Waals surface area contributed by atoms with Gasteiger partial charge in [-0.3, -0.25) is 24.4 Å². The van der Waals surface area contributed by atoms with Crippen molar-refractivity contribution < 1.29 is 79.0 Å². The van der Waals surface area contributed by atoms with Crippen LogP contribution < -0.4 is 44.6 Å². The van der Waals surface area contributed by atoms with Gasteiger partial charge in [0.25, 0.3) is 0 Å². The normalized spacial score (nSPS) is 28.1. The molecule has 3 amide bonds. The van der Waals surface area contributed by atoms with Crippen LogP contribution in [0.1, 0.15) is 157 Å². The third kappa shape index (κ3) is 30.5. The molecule has 0 bridgehead atoms. The number of quaternary nitrogens is 1. The van der Waals surface area contributed by atoms with Gasteiger partial charge in [0.2, 0.25) is 23.7 Å². The number of aliphatic hydroxyl groups excluding tert-OH is 9. The van der Waals surface area contributed by atoms with Crippen molar-refractivity contribution in [3.8, 4) is 0 Å². The maximum atomic E-state index is 12.3. The first-order valence-corrected chi connectivity index (χ1v) is 30.5. The SMILES string of the molecule is CC(C)[C@@H]1OC(CO)[C@@H](O)[C@H](O)C1NC(=O)CCCCCCCN=C(N)N.CC(C)[C@@H]1OC(CO)[C@@H](O)[C@H](O)C1NC(=O)CCCCCCCN=C(N)N=C(N)N.CC(C)[C@@H]1OC(CO)[C@@H](O)[C@H](O)C1NC(=O)CCCCCCC[N+](C)(C)C. The van der Waals surface area contributed by atoms with Crippen LogP contribution in [0.2, 0.25) is 0 Å². The van der Waals surface area contributed by atoms with Crippen LogP contribution in [0.25, 0.3) is 0 Å². The van der Waals surface area contributed by atoms with Crippen LogP contribution in [0.15, 0.2) is 15.0 Å². The molecule has 0 saturated carbocycles. The maximum absolute atomic E-state index is 12.3. The molecule has 6 unspecified atom stereocenters. The highest BCUT2D eigenvalue weighted by atomic mass is 16.5. The number of aliphatic imine (C=N–C) groups is 3. The number of carbonyl (C=O) groups is 3. The number of nitrogens with two attached hydrogens (primary N) is 5. The summed E-state index contributed by atoms with van der Waals surface area (Å²) in [6.07, 6.45) is 4.13. The van der Waals surface area contributed by atoms with Crippen LogP contribution in [0, 0.1) is 17.8 Å². The summed E-state index contributed by atoms with van der Waals surface area (Å²) in [6.45, 7) is 12.7. The molecule has 22 N–H and O–H groups in total. The van der Waals surface area contributed by atoms with Crippen molar-refractivity contribution in [3.63, 3.8) is 0 Å². The van der Waals surface area contributed by atoms with Crippen molar-refractivity contribution >= 4 is 35.6 Å². The van der Waals surface area contributed by atoms with Crippen LogP contribution in [0.4, 0.5) is 0 Å². The van der Waals surface area contributed by atoms with Gasteiger partial charge in [-0.05, 0) is 62.7 Å².